The highest BCUT2D eigenvalue weighted by molar-refractivity contribution is 5.54. The standard InChI is InChI=1S/C32H23F3O2/c33-32(34,35)31(24-10-4-1-5-11-24,25-16-20-29(21-17-25)36-27-12-6-2-7-13-27)26-18-22-30(23-19-26)37-28-14-8-3-9-15-28/h1-23H. The van der Waals surface area contributed by atoms with Crippen molar-refractivity contribution in [2.24, 2.45) is 0 Å². The van der Waals surface area contributed by atoms with Crippen LogP contribution >= 0.6 is 0 Å². The number of hydrogen-bond acceptors (Lipinski definition) is 2. The Balaban J connectivity index is 1.58. The SMILES string of the molecule is FC(F)(F)C(c1ccccc1)(c1ccc(Oc2ccccc2)cc1)c1ccc(Oc2ccccc2)cc1. The molecule has 0 amide bonds. The lowest BCUT2D eigenvalue weighted by atomic mass is 9.69. The van der Waals surface area contributed by atoms with Crippen LogP contribution in [-0.2, 0) is 5.41 Å². The van der Waals surface area contributed by atoms with Crippen molar-refractivity contribution in [3.63, 3.8) is 0 Å². The second-order valence-corrected chi connectivity index (χ2v) is 8.49. The van der Waals surface area contributed by atoms with Crippen molar-refractivity contribution >= 4 is 0 Å². The van der Waals surface area contributed by atoms with Crippen LogP contribution in [0.5, 0.6) is 23.0 Å². The Morgan fingerprint density at radius 1 is 0.351 bits per heavy atom. The van der Waals surface area contributed by atoms with Gasteiger partial charge in [-0.2, -0.15) is 13.2 Å². The van der Waals surface area contributed by atoms with Crippen molar-refractivity contribution in [3.8, 4) is 23.0 Å². The van der Waals surface area contributed by atoms with Crippen LogP contribution in [0.1, 0.15) is 16.7 Å². The van der Waals surface area contributed by atoms with Gasteiger partial charge in [-0.1, -0.05) is 91.0 Å². The molecular weight excluding hydrogens is 473 g/mol. The molecular formula is C32H23F3O2. The number of benzene rings is 5. The van der Waals surface area contributed by atoms with E-state index in [1.165, 1.54) is 36.4 Å². The number of halogens is 3. The summed E-state index contributed by atoms with van der Waals surface area (Å²) < 4.78 is 57.4. The molecule has 0 radical (unpaired) electrons. The molecule has 5 heteroatoms. The highest BCUT2D eigenvalue weighted by Crippen LogP contribution is 2.51. The number of ether oxygens (including phenoxy) is 2. The van der Waals surface area contributed by atoms with Crippen molar-refractivity contribution in [1.82, 2.24) is 0 Å². The number of para-hydroxylation sites is 2. The first kappa shape index (κ1) is 24.2. The molecule has 0 unspecified atom stereocenters. The molecule has 0 spiro atoms. The zero-order chi connectivity index (χ0) is 25.7. The highest BCUT2D eigenvalue weighted by atomic mass is 19.4. The van der Waals surface area contributed by atoms with Gasteiger partial charge in [0.25, 0.3) is 0 Å². The van der Waals surface area contributed by atoms with E-state index in [-0.39, 0.29) is 16.7 Å². The Morgan fingerprint density at radius 3 is 1.00 bits per heavy atom. The summed E-state index contributed by atoms with van der Waals surface area (Å²) in [5.41, 5.74) is -2.10. The third-order valence-corrected chi connectivity index (χ3v) is 6.16. The van der Waals surface area contributed by atoms with E-state index in [1.54, 1.807) is 66.7 Å². The summed E-state index contributed by atoms with van der Waals surface area (Å²) in [6.45, 7) is 0. The highest BCUT2D eigenvalue weighted by Gasteiger charge is 2.58. The topological polar surface area (TPSA) is 18.5 Å². The van der Waals surface area contributed by atoms with Crippen LogP contribution in [0.2, 0.25) is 0 Å². The zero-order valence-electron chi connectivity index (χ0n) is 19.7. The van der Waals surface area contributed by atoms with Gasteiger partial charge in [-0.25, -0.2) is 0 Å². The maximum absolute atomic E-state index is 15.3. The molecule has 5 rings (SSSR count). The van der Waals surface area contributed by atoms with Gasteiger partial charge < -0.3 is 9.47 Å². The third-order valence-electron chi connectivity index (χ3n) is 6.16. The molecule has 0 bridgehead atoms. The molecule has 0 aliphatic carbocycles. The van der Waals surface area contributed by atoms with Gasteiger partial charge in [0.05, 0.1) is 0 Å². The minimum Gasteiger partial charge on any atom is -0.457 e. The van der Waals surface area contributed by atoms with Crippen molar-refractivity contribution in [2.75, 3.05) is 0 Å². The minimum atomic E-state index is -4.64. The van der Waals surface area contributed by atoms with E-state index in [9.17, 15) is 0 Å². The molecule has 5 aromatic carbocycles. The fraction of sp³-hybridized carbons (Fsp3) is 0.0625. The molecule has 0 fully saturated rings. The third kappa shape index (κ3) is 4.94. The second-order valence-electron chi connectivity index (χ2n) is 8.49. The Labute approximate surface area is 213 Å². The summed E-state index contributed by atoms with van der Waals surface area (Å²) >= 11 is 0. The number of alkyl halides is 3. The molecule has 0 aliphatic rings. The van der Waals surface area contributed by atoms with E-state index in [0.717, 1.165) is 0 Å². The van der Waals surface area contributed by atoms with Crippen LogP contribution < -0.4 is 9.47 Å². The van der Waals surface area contributed by atoms with Gasteiger partial charge in [0.2, 0.25) is 0 Å². The van der Waals surface area contributed by atoms with Crippen molar-refractivity contribution in [3.05, 3.63) is 156 Å². The van der Waals surface area contributed by atoms with Gasteiger partial charge in [-0.05, 0) is 65.2 Å². The molecule has 0 N–H and O–H groups in total. The molecule has 0 saturated heterocycles. The summed E-state index contributed by atoms with van der Waals surface area (Å²) in [5.74, 6) is 2.11. The maximum atomic E-state index is 15.3. The van der Waals surface area contributed by atoms with Crippen LogP contribution in [-0.4, -0.2) is 6.18 Å². The minimum absolute atomic E-state index is 0.0864. The zero-order valence-corrected chi connectivity index (χ0v) is 19.7. The molecule has 5 aromatic rings. The Kier molecular flexibility index (Phi) is 6.69. The summed E-state index contributed by atoms with van der Waals surface area (Å²) in [6, 6.07) is 38.4. The molecule has 2 nitrogen and oxygen atoms in total. The van der Waals surface area contributed by atoms with Gasteiger partial charge >= 0.3 is 6.18 Å². The van der Waals surface area contributed by atoms with Crippen LogP contribution in [0.4, 0.5) is 13.2 Å². The van der Waals surface area contributed by atoms with Crippen molar-refractivity contribution < 1.29 is 22.6 Å². The second kappa shape index (κ2) is 10.2. The van der Waals surface area contributed by atoms with Gasteiger partial charge in [0.15, 0.2) is 0 Å². The van der Waals surface area contributed by atoms with Gasteiger partial charge in [0.1, 0.15) is 28.4 Å². The fourth-order valence-corrected chi connectivity index (χ4v) is 4.47. The van der Waals surface area contributed by atoms with E-state index in [0.29, 0.717) is 23.0 Å². The van der Waals surface area contributed by atoms with E-state index >= 15 is 13.2 Å². The first-order chi connectivity index (χ1) is 18.0. The van der Waals surface area contributed by atoms with Gasteiger partial charge in [-0.15, -0.1) is 0 Å². The Morgan fingerprint density at radius 2 is 0.649 bits per heavy atom. The Bertz CT molecular complexity index is 1330. The smallest absolute Gasteiger partial charge is 0.406 e. The van der Waals surface area contributed by atoms with Crippen LogP contribution in [0.15, 0.2) is 140 Å². The summed E-state index contributed by atoms with van der Waals surface area (Å²) in [4.78, 5) is 0. The quantitative estimate of drug-likeness (QED) is 0.209. The van der Waals surface area contributed by atoms with Gasteiger partial charge in [0, 0.05) is 0 Å². The predicted molar refractivity (Wildman–Crippen MR) is 138 cm³/mol. The summed E-state index contributed by atoms with van der Waals surface area (Å²) in [6.07, 6.45) is -4.64. The molecule has 0 heterocycles. The van der Waals surface area contributed by atoms with Crippen LogP contribution in [0.3, 0.4) is 0 Å². The Hall–Kier alpha value is -4.51. The lowest BCUT2D eigenvalue weighted by molar-refractivity contribution is -0.166. The molecule has 37 heavy (non-hydrogen) atoms. The average molecular weight is 497 g/mol. The molecule has 0 atom stereocenters. The monoisotopic (exact) mass is 496 g/mol. The van der Waals surface area contributed by atoms with Gasteiger partial charge in [-0.3, -0.25) is 0 Å². The van der Waals surface area contributed by atoms with E-state index in [2.05, 4.69) is 0 Å². The fourth-order valence-electron chi connectivity index (χ4n) is 4.47. The molecule has 184 valence electrons. The molecule has 0 aromatic heterocycles. The lowest BCUT2D eigenvalue weighted by Gasteiger charge is -2.37. The number of hydrogen-bond donors (Lipinski definition) is 0. The van der Waals surface area contributed by atoms with Crippen LogP contribution in [0.25, 0.3) is 0 Å². The summed E-state index contributed by atoms with van der Waals surface area (Å²) in [7, 11) is 0. The first-order valence-corrected chi connectivity index (χ1v) is 11.8. The van der Waals surface area contributed by atoms with Crippen molar-refractivity contribution in [1.29, 1.82) is 0 Å². The average Bonchev–Trinajstić information content (AvgIpc) is 2.92. The molecule has 0 aliphatic heterocycles. The molecule has 0 saturated carbocycles. The van der Waals surface area contributed by atoms with E-state index in [4.69, 9.17) is 9.47 Å². The predicted octanol–water partition coefficient (Wildman–Crippen LogP) is 9.17. The maximum Gasteiger partial charge on any atom is 0.406 e. The summed E-state index contributed by atoms with van der Waals surface area (Å²) in [5, 5.41) is 0. The van der Waals surface area contributed by atoms with Crippen LogP contribution in [0, 0.1) is 0 Å². The van der Waals surface area contributed by atoms with E-state index in [1.807, 2.05) is 36.4 Å². The van der Waals surface area contributed by atoms with Crippen molar-refractivity contribution in [2.45, 2.75) is 11.6 Å². The first-order valence-electron chi connectivity index (χ1n) is 11.8. The number of rotatable bonds is 7. The lowest BCUT2D eigenvalue weighted by Crippen LogP contribution is -2.44. The normalized spacial score (nSPS) is 11.6. The van der Waals surface area contributed by atoms with E-state index < -0.39 is 11.6 Å². The largest absolute Gasteiger partial charge is 0.457 e.